The number of hydrogen-bond donors (Lipinski definition) is 2. The molecule has 1 atom stereocenters. The van der Waals surface area contributed by atoms with E-state index < -0.39 is 0 Å². The van der Waals surface area contributed by atoms with Crippen molar-refractivity contribution in [1.29, 1.82) is 0 Å². The standard InChI is InChI=1S/C14H21N3O2S/c1-10(18)16-7-5-11-4-2-3-8-17(11)14(19)13-12(15)6-9-20-13/h6,9,11H,2-5,7-8,15H2,1H3,(H,16,18)/t11-/m0/s1. The lowest BCUT2D eigenvalue weighted by molar-refractivity contribution is -0.119. The summed E-state index contributed by atoms with van der Waals surface area (Å²) in [5.41, 5.74) is 6.40. The summed E-state index contributed by atoms with van der Waals surface area (Å²) in [4.78, 5) is 26.0. The van der Waals surface area contributed by atoms with Crippen molar-refractivity contribution >= 4 is 28.8 Å². The third-order valence-electron chi connectivity index (χ3n) is 3.63. The van der Waals surface area contributed by atoms with Crippen LogP contribution in [0.2, 0.25) is 0 Å². The third-order valence-corrected chi connectivity index (χ3v) is 4.55. The minimum atomic E-state index is -0.0267. The molecule has 110 valence electrons. The Morgan fingerprint density at radius 2 is 2.30 bits per heavy atom. The van der Waals surface area contributed by atoms with Crippen LogP contribution in [-0.4, -0.2) is 35.8 Å². The quantitative estimate of drug-likeness (QED) is 0.890. The van der Waals surface area contributed by atoms with Crippen LogP contribution >= 0.6 is 11.3 Å². The molecular formula is C14H21N3O2S. The van der Waals surface area contributed by atoms with Crippen molar-refractivity contribution in [3.8, 4) is 0 Å². The lowest BCUT2D eigenvalue weighted by atomic mass is 9.99. The van der Waals surface area contributed by atoms with Crippen molar-refractivity contribution in [1.82, 2.24) is 10.2 Å². The van der Waals surface area contributed by atoms with E-state index in [1.165, 1.54) is 18.3 Å². The highest BCUT2D eigenvalue weighted by atomic mass is 32.1. The molecule has 5 nitrogen and oxygen atoms in total. The van der Waals surface area contributed by atoms with E-state index in [-0.39, 0.29) is 17.9 Å². The Balaban J connectivity index is 2.01. The first-order chi connectivity index (χ1) is 9.59. The molecular weight excluding hydrogens is 274 g/mol. The van der Waals surface area contributed by atoms with Crippen molar-refractivity contribution in [2.24, 2.45) is 0 Å². The molecule has 1 aliphatic rings. The van der Waals surface area contributed by atoms with E-state index >= 15 is 0 Å². The van der Waals surface area contributed by atoms with Gasteiger partial charge in [0, 0.05) is 26.1 Å². The van der Waals surface area contributed by atoms with Crippen LogP contribution in [0.4, 0.5) is 5.69 Å². The normalized spacial score (nSPS) is 18.9. The zero-order valence-corrected chi connectivity index (χ0v) is 12.5. The number of carbonyl (C=O) groups excluding carboxylic acids is 2. The highest BCUT2D eigenvalue weighted by Gasteiger charge is 2.28. The van der Waals surface area contributed by atoms with Crippen LogP contribution in [0.5, 0.6) is 0 Å². The number of anilines is 1. The van der Waals surface area contributed by atoms with Crippen molar-refractivity contribution in [3.05, 3.63) is 16.3 Å². The number of nitrogen functional groups attached to an aromatic ring is 1. The van der Waals surface area contributed by atoms with Crippen LogP contribution in [0, 0.1) is 0 Å². The molecule has 1 fully saturated rings. The van der Waals surface area contributed by atoms with Crippen molar-refractivity contribution in [3.63, 3.8) is 0 Å². The molecule has 1 aliphatic heterocycles. The summed E-state index contributed by atoms with van der Waals surface area (Å²) in [7, 11) is 0. The fraction of sp³-hybridized carbons (Fsp3) is 0.571. The summed E-state index contributed by atoms with van der Waals surface area (Å²) in [6.45, 7) is 2.90. The Kier molecular flexibility index (Phi) is 5.00. The molecule has 1 saturated heterocycles. The number of likely N-dealkylation sites (tertiary alicyclic amines) is 1. The number of nitrogens with zero attached hydrogens (tertiary/aromatic N) is 1. The number of rotatable bonds is 4. The summed E-state index contributed by atoms with van der Waals surface area (Å²) in [5.74, 6) is 0.00575. The lowest BCUT2D eigenvalue weighted by Gasteiger charge is -2.35. The summed E-state index contributed by atoms with van der Waals surface area (Å²) in [6.07, 6.45) is 3.97. The van der Waals surface area contributed by atoms with E-state index in [2.05, 4.69) is 5.32 Å². The zero-order valence-electron chi connectivity index (χ0n) is 11.7. The highest BCUT2D eigenvalue weighted by molar-refractivity contribution is 7.12. The Bertz CT molecular complexity index is 487. The lowest BCUT2D eigenvalue weighted by Crippen LogP contribution is -2.45. The second-order valence-corrected chi connectivity index (χ2v) is 6.04. The number of piperidine rings is 1. The SMILES string of the molecule is CC(=O)NCC[C@@H]1CCCCN1C(=O)c1sccc1N. The number of carbonyl (C=O) groups is 2. The molecule has 2 rings (SSSR count). The first-order valence-corrected chi connectivity index (χ1v) is 7.86. The van der Waals surface area contributed by atoms with Crippen molar-refractivity contribution < 1.29 is 9.59 Å². The van der Waals surface area contributed by atoms with Crippen LogP contribution in [-0.2, 0) is 4.79 Å². The minimum Gasteiger partial charge on any atom is -0.397 e. The first-order valence-electron chi connectivity index (χ1n) is 6.98. The monoisotopic (exact) mass is 295 g/mol. The minimum absolute atomic E-state index is 0.0267. The van der Waals surface area contributed by atoms with Gasteiger partial charge in [0.15, 0.2) is 0 Å². The molecule has 2 heterocycles. The molecule has 6 heteroatoms. The first kappa shape index (κ1) is 14.8. The Hall–Kier alpha value is -1.56. The highest BCUT2D eigenvalue weighted by Crippen LogP contribution is 2.26. The van der Waals surface area contributed by atoms with Gasteiger partial charge < -0.3 is 16.0 Å². The van der Waals surface area contributed by atoms with Crippen LogP contribution < -0.4 is 11.1 Å². The predicted octanol–water partition coefficient (Wildman–Crippen LogP) is 1.85. The van der Waals surface area contributed by atoms with Crippen molar-refractivity contribution in [2.75, 3.05) is 18.8 Å². The largest absolute Gasteiger partial charge is 0.397 e. The van der Waals surface area contributed by atoms with Gasteiger partial charge in [0.2, 0.25) is 5.91 Å². The van der Waals surface area contributed by atoms with Crippen LogP contribution in [0.15, 0.2) is 11.4 Å². The van der Waals surface area contributed by atoms with Gasteiger partial charge in [-0.25, -0.2) is 0 Å². The number of nitrogens with two attached hydrogens (primary N) is 1. The fourth-order valence-corrected chi connectivity index (χ4v) is 3.38. The molecule has 0 aromatic carbocycles. The van der Waals surface area contributed by atoms with Gasteiger partial charge in [-0.05, 0) is 37.1 Å². The summed E-state index contributed by atoms with van der Waals surface area (Å²) >= 11 is 1.40. The van der Waals surface area contributed by atoms with Crippen LogP contribution in [0.25, 0.3) is 0 Å². The van der Waals surface area contributed by atoms with Gasteiger partial charge in [-0.3, -0.25) is 9.59 Å². The summed E-state index contributed by atoms with van der Waals surface area (Å²) < 4.78 is 0. The maximum Gasteiger partial charge on any atom is 0.266 e. The molecule has 3 N–H and O–H groups in total. The Morgan fingerprint density at radius 3 is 2.95 bits per heavy atom. The summed E-state index contributed by atoms with van der Waals surface area (Å²) in [6, 6.07) is 1.97. The van der Waals surface area contributed by atoms with E-state index in [1.807, 2.05) is 10.3 Å². The number of thiophene rings is 1. The second-order valence-electron chi connectivity index (χ2n) is 5.12. The predicted molar refractivity (Wildman–Crippen MR) is 80.7 cm³/mol. The average Bonchev–Trinajstić information content (AvgIpc) is 2.84. The molecule has 20 heavy (non-hydrogen) atoms. The molecule has 0 radical (unpaired) electrons. The fourth-order valence-electron chi connectivity index (χ4n) is 2.61. The van der Waals surface area contributed by atoms with Crippen LogP contribution in [0.1, 0.15) is 42.3 Å². The van der Waals surface area contributed by atoms with Gasteiger partial charge in [0.05, 0.1) is 5.69 Å². The number of nitrogens with one attached hydrogen (secondary N) is 1. The van der Waals surface area contributed by atoms with E-state index in [0.29, 0.717) is 17.1 Å². The Morgan fingerprint density at radius 1 is 1.50 bits per heavy atom. The number of hydrogen-bond acceptors (Lipinski definition) is 4. The van der Waals surface area contributed by atoms with E-state index in [0.717, 1.165) is 32.2 Å². The maximum atomic E-state index is 12.6. The average molecular weight is 295 g/mol. The molecule has 1 aromatic heterocycles. The van der Waals surface area contributed by atoms with E-state index in [4.69, 9.17) is 5.73 Å². The smallest absolute Gasteiger partial charge is 0.266 e. The summed E-state index contributed by atoms with van der Waals surface area (Å²) in [5, 5.41) is 4.65. The van der Waals surface area contributed by atoms with Gasteiger partial charge in [0.1, 0.15) is 4.88 Å². The molecule has 0 bridgehead atoms. The second kappa shape index (κ2) is 6.74. The topological polar surface area (TPSA) is 75.4 Å². The van der Waals surface area contributed by atoms with Crippen LogP contribution in [0.3, 0.4) is 0 Å². The molecule has 2 amide bonds. The number of amides is 2. The van der Waals surface area contributed by atoms with Crippen molar-refractivity contribution in [2.45, 2.75) is 38.6 Å². The maximum absolute atomic E-state index is 12.6. The van der Waals surface area contributed by atoms with E-state index in [1.54, 1.807) is 6.07 Å². The van der Waals surface area contributed by atoms with E-state index in [9.17, 15) is 9.59 Å². The molecule has 0 spiro atoms. The molecule has 1 aromatic rings. The molecule has 0 saturated carbocycles. The van der Waals surface area contributed by atoms with Gasteiger partial charge in [-0.2, -0.15) is 0 Å². The Labute approximate surface area is 123 Å². The van der Waals surface area contributed by atoms with Gasteiger partial charge in [-0.1, -0.05) is 0 Å². The van der Waals surface area contributed by atoms with Gasteiger partial charge >= 0.3 is 0 Å². The van der Waals surface area contributed by atoms with Gasteiger partial charge in [-0.15, -0.1) is 11.3 Å². The zero-order chi connectivity index (χ0) is 14.5. The third kappa shape index (κ3) is 3.50. The molecule has 0 unspecified atom stereocenters. The molecule has 0 aliphatic carbocycles. The van der Waals surface area contributed by atoms with Gasteiger partial charge in [0.25, 0.3) is 5.91 Å².